The molecule has 0 aliphatic heterocycles. The maximum absolute atomic E-state index is 12.0. The van der Waals surface area contributed by atoms with E-state index < -0.39 is 6.10 Å². The fourth-order valence-corrected chi connectivity index (χ4v) is 2.55. The summed E-state index contributed by atoms with van der Waals surface area (Å²) in [6, 6.07) is 16.4. The van der Waals surface area contributed by atoms with Gasteiger partial charge in [-0.1, -0.05) is 24.3 Å². The minimum absolute atomic E-state index is 0.141. The second kappa shape index (κ2) is 7.63. The van der Waals surface area contributed by atoms with E-state index in [-0.39, 0.29) is 12.6 Å². The van der Waals surface area contributed by atoms with Crippen molar-refractivity contribution in [1.82, 2.24) is 15.1 Å². The minimum Gasteiger partial charge on any atom is -0.387 e. The van der Waals surface area contributed by atoms with Gasteiger partial charge in [-0.25, -0.2) is 9.48 Å². The maximum atomic E-state index is 12.0. The van der Waals surface area contributed by atoms with Crippen molar-refractivity contribution in [3.05, 3.63) is 78.1 Å². The number of carbonyl (C=O) groups excluding carboxylic acids is 1. The molecule has 0 aliphatic rings. The minimum atomic E-state index is -0.742. The van der Waals surface area contributed by atoms with Gasteiger partial charge in [0.15, 0.2) is 0 Å². The lowest BCUT2D eigenvalue weighted by Crippen LogP contribution is -2.32. The van der Waals surface area contributed by atoms with Crippen LogP contribution in [0, 0.1) is 6.92 Å². The van der Waals surface area contributed by atoms with Gasteiger partial charge in [0.2, 0.25) is 0 Å². The SMILES string of the molecule is Cc1ccccc1C(O)CNC(=O)Nc1ccc(-n2cccn2)cc1. The first kappa shape index (κ1) is 16.7. The molecule has 3 aromatic rings. The predicted molar refractivity (Wildman–Crippen MR) is 96.7 cm³/mol. The number of benzene rings is 2. The highest BCUT2D eigenvalue weighted by molar-refractivity contribution is 5.89. The Morgan fingerprint density at radius 1 is 1.16 bits per heavy atom. The molecule has 128 valence electrons. The first-order valence-electron chi connectivity index (χ1n) is 8.02. The lowest BCUT2D eigenvalue weighted by atomic mass is 10.0. The van der Waals surface area contributed by atoms with Crippen LogP contribution in [0.3, 0.4) is 0 Å². The van der Waals surface area contributed by atoms with Crippen molar-refractivity contribution in [2.24, 2.45) is 0 Å². The van der Waals surface area contributed by atoms with E-state index in [9.17, 15) is 9.90 Å². The number of hydrogen-bond acceptors (Lipinski definition) is 3. The number of aromatic nitrogens is 2. The quantitative estimate of drug-likeness (QED) is 0.670. The van der Waals surface area contributed by atoms with Crippen LogP contribution >= 0.6 is 0 Å². The number of aliphatic hydroxyl groups excluding tert-OH is 1. The van der Waals surface area contributed by atoms with Gasteiger partial charge >= 0.3 is 6.03 Å². The van der Waals surface area contributed by atoms with Gasteiger partial charge in [0.1, 0.15) is 0 Å². The van der Waals surface area contributed by atoms with E-state index in [1.165, 1.54) is 0 Å². The highest BCUT2D eigenvalue weighted by Gasteiger charge is 2.11. The zero-order valence-electron chi connectivity index (χ0n) is 13.9. The lowest BCUT2D eigenvalue weighted by Gasteiger charge is -2.15. The van der Waals surface area contributed by atoms with Gasteiger partial charge in [0, 0.05) is 24.6 Å². The number of anilines is 1. The number of nitrogens with one attached hydrogen (secondary N) is 2. The number of hydrogen-bond donors (Lipinski definition) is 3. The van der Waals surface area contributed by atoms with Crippen LogP contribution in [0.1, 0.15) is 17.2 Å². The summed E-state index contributed by atoms with van der Waals surface area (Å²) in [7, 11) is 0. The Balaban J connectivity index is 1.53. The average Bonchev–Trinajstić information content (AvgIpc) is 3.15. The van der Waals surface area contributed by atoms with Gasteiger partial charge in [0.25, 0.3) is 0 Å². The van der Waals surface area contributed by atoms with E-state index >= 15 is 0 Å². The van der Waals surface area contributed by atoms with Crippen molar-refractivity contribution in [2.75, 3.05) is 11.9 Å². The molecule has 3 rings (SSSR count). The monoisotopic (exact) mass is 336 g/mol. The lowest BCUT2D eigenvalue weighted by molar-refractivity contribution is 0.174. The summed E-state index contributed by atoms with van der Waals surface area (Å²) in [5.41, 5.74) is 3.38. The standard InChI is InChI=1S/C19H20N4O2/c1-14-5-2-3-6-17(14)18(24)13-20-19(25)22-15-7-9-16(10-8-15)23-12-4-11-21-23/h2-12,18,24H,13H2,1H3,(H2,20,22,25). The number of amides is 2. The molecule has 2 aromatic carbocycles. The second-order valence-corrected chi connectivity index (χ2v) is 5.70. The van der Waals surface area contributed by atoms with Gasteiger partial charge in [0.05, 0.1) is 11.8 Å². The van der Waals surface area contributed by atoms with Gasteiger partial charge < -0.3 is 15.7 Å². The molecular formula is C19H20N4O2. The number of rotatable bonds is 5. The van der Waals surface area contributed by atoms with E-state index in [1.54, 1.807) is 23.0 Å². The molecule has 0 bridgehead atoms. The molecule has 25 heavy (non-hydrogen) atoms. The van der Waals surface area contributed by atoms with Crippen LogP contribution in [0.5, 0.6) is 0 Å². The molecule has 3 N–H and O–H groups in total. The zero-order chi connectivity index (χ0) is 17.6. The topological polar surface area (TPSA) is 79.2 Å². The van der Waals surface area contributed by atoms with Crippen LogP contribution < -0.4 is 10.6 Å². The molecule has 1 aromatic heterocycles. The van der Waals surface area contributed by atoms with Gasteiger partial charge in [-0.15, -0.1) is 0 Å². The van der Waals surface area contributed by atoms with E-state index in [4.69, 9.17) is 0 Å². The number of carbonyl (C=O) groups is 1. The summed E-state index contributed by atoms with van der Waals surface area (Å²) < 4.78 is 1.74. The number of urea groups is 1. The van der Waals surface area contributed by atoms with Crippen molar-refractivity contribution in [1.29, 1.82) is 0 Å². The molecular weight excluding hydrogens is 316 g/mol. The second-order valence-electron chi connectivity index (χ2n) is 5.70. The summed E-state index contributed by atoms with van der Waals surface area (Å²) >= 11 is 0. The summed E-state index contributed by atoms with van der Waals surface area (Å²) in [5, 5.41) is 19.8. The van der Waals surface area contributed by atoms with Crippen LogP contribution in [-0.4, -0.2) is 27.5 Å². The van der Waals surface area contributed by atoms with Gasteiger partial charge in [-0.05, 0) is 48.4 Å². The maximum Gasteiger partial charge on any atom is 0.319 e. The van der Waals surface area contributed by atoms with Gasteiger partial charge in [-0.2, -0.15) is 5.10 Å². The summed E-state index contributed by atoms with van der Waals surface area (Å²) in [6.07, 6.45) is 2.82. The Labute approximate surface area is 146 Å². The van der Waals surface area contributed by atoms with E-state index in [2.05, 4.69) is 15.7 Å². The molecule has 1 heterocycles. The zero-order valence-corrected chi connectivity index (χ0v) is 13.9. The highest BCUT2D eigenvalue weighted by atomic mass is 16.3. The Bertz CT molecular complexity index is 829. The summed E-state index contributed by atoms with van der Waals surface area (Å²) in [6.45, 7) is 2.07. The van der Waals surface area contributed by atoms with Gasteiger partial charge in [-0.3, -0.25) is 0 Å². The van der Waals surface area contributed by atoms with Crippen LogP contribution in [0.4, 0.5) is 10.5 Å². The molecule has 1 atom stereocenters. The smallest absolute Gasteiger partial charge is 0.319 e. The van der Waals surface area contributed by atoms with Crippen LogP contribution in [0.2, 0.25) is 0 Å². The third-order valence-corrected chi connectivity index (χ3v) is 3.90. The molecule has 0 radical (unpaired) electrons. The van der Waals surface area contributed by atoms with E-state index in [1.807, 2.05) is 55.6 Å². The van der Waals surface area contributed by atoms with Crippen molar-refractivity contribution >= 4 is 11.7 Å². The van der Waals surface area contributed by atoms with Crippen molar-refractivity contribution in [3.8, 4) is 5.69 Å². The molecule has 0 saturated heterocycles. The van der Waals surface area contributed by atoms with Crippen LogP contribution in [0.25, 0.3) is 5.69 Å². The summed E-state index contributed by atoms with van der Waals surface area (Å²) in [5.74, 6) is 0. The van der Waals surface area contributed by atoms with Crippen LogP contribution in [-0.2, 0) is 0 Å². The Hall–Kier alpha value is -3.12. The molecule has 6 nitrogen and oxygen atoms in total. The predicted octanol–water partition coefficient (Wildman–Crippen LogP) is 3.04. The Kier molecular flexibility index (Phi) is 5.11. The summed E-state index contributed by atoms with van der Waals surface area (Å²) in [4.78, 5) is 12.0. The molecule has 2 amide bonds. The van der Waals surface area contributed by atoms with E-state index in [0.29, 0.717) is 5.69 Å². The number of nitrogens with zero attached hydrogens (tertiary/aromatic N) is 2. The Morgan fingerprint density at radius 2 is 1.92 bits per heavy atom. The van der Waals surface area contributed by atoms with Crippen molar-refractivity contribution < 1.29 is 9.90 Å². The third kappa shape index (κ3) is 4.24. The first-order chi connectivity index (χ1) is 12.1. The Morgan fingerprint density at radius 3 is 2.60 bits per heavy atom. The number of aliphatic hydroxyl groups is 1. The fraction of sp³-hybridized carbons (Fsp3) is 0.158. The molecule has 0 fully saturated rings. The normalized spacial score (nSPS) is 11.8. The molecule has 1 unspecified atom stereocenters. The molecule has 0 saturated carbocycles. The van der Waals surface area contributed by atoms with Crippen molar-refractivity contribution in [2.45, 2.75) is 13.0 Å². The fourth-order valence-electron chi connectivity index (χ4n) is 2.55. The first-order valence-corrected chi connectivity index (χ1v) is 8.02. The average molecular weight is 336 g/mol. The van der Waals surface area contributed by atoms with E-state index in [0.717, 1.165) is 16.8 Å². The largest absolute Gasteiger partial charge is 0.387 e. The highest BCUT2D eigenvalue weighted by Crippen LogP contribution is 2.16. The number of aryl methyl sites for hydroxylation is 1. The molecule has 0 aliphatic carbocycles. The third-order valence-electron chi connectivity index (χ3n) is 3.90. The molecule has 6 heteroatoms. The molecule has 0 spiro atoms. The van der Waals surface area contributed by atoms with Crippen molar-refractivity contribution in [3.63, 3.8) is 0 Å². The van der Waals surface area contributed by atoms with Crippen LogP contribution in [0.15, 0.2) is 67.0 Å².